The number of rotatable bonds is 18. The quantitative estimate of drug-likeness (QED) is 0.174. The fourth-order valence-electron chi connectivity index (χ4n) is 3.09. The van der Waals surface area contributed by atoms with Crippen LogP contribution in [0.2, 0.25) is 0 Å². The number of unbranched alkanes of at least 4 members (excludes halogenated alkanes) is 13. The van der Waals surface area contributed by atoms with Crippen LogP contribution in [0.4, 0.5) is 0 Å². The van der Waals surface area contributed by atoms with Crippen LogP contribution in [-0.4, -0.2) is 46.3 Å². The second kappa shape index (κ2) is 20.0. The average Bonchev–Trinajstić information content (AvgIpc) is 2.60. The van der Waals surface area contributed by atoms with E-state index in [1.807, 2.05) is 0 Å². The minimum absolute atomic E-state index is 0.0437. The first kappa shape index (κ1) is 31.2. The van der Waals surface area contributed by atoms with Gasteiger partial charge in [0.05, 0.1) is 11.5 Å². The Bertz CT molecular complexity index is 483. The van der Waals surface area contributed by atoms with Gasteiger partial charge in [-0.3, -0.25) is 0 Å². The standard InChI is InChI=1S/C20H42O3S.H3O4P/c1-3-4-5-6-7-8-9-10-11-12-13-14-15-16-17-24(22,23)19-20(2)18-21;1-5(2,3)4/h20-21H,3-19H2,1-2H3;(H3,1,2,3,4). The van der Waals surface area contributed by atoms with Crippen LogP contribution in [-0.2, 0) is 14.4 Å². The molecule has 178 valence electrons. The molecule has 0 amide bonds. The molecule has 0 fully saturated rings. The van der Waals surface area contributed by atoms with Crippen molar-refractivity contribution < 1.29 is 32.8 Å². The van der Waals surface area contributed by atoms with Crippen LogP contribution in [0.25, 0.3) is 0 Å². The maximum absolute atomic E-state index is 11.8. The molecule has 9 heteroatoms. The Hall–Kier alpha value is 0.0200. The molecule has 4 N–H and O–H groups in total. The number of sulfone groups is 1. The van der Waals surface area contributed by atoms with Crippen LogP contribution in [0, 0.1) is 5.92 Å². The molecule has 0 aromatic rings. The summed E-state index contributed by atoms with van der Waals surface area (Å²) in [5.41, 5.74) is 0. The van der Waals surface area contributed by atoms with Crippen LogP contribution in [0.15, 0.2) is 0 Å². The van der Waals surface area contributed by atoms with Gasteiger partial charge in [-0.05, 0) is 12.3 Å². The van der Waals surface area contributed by atoms with E-state index in [1.165, 1.54) is 70.6 Å². The lowest BCUT2D eigenvalue weighted by molar-refractivity contribution is 0.249. The van der Waals surface area contributed by atoms with E-state index in [4.69, 9.17) is 24.4 Å². The molecule has 0 aliphatic carbocycles. The zero-order chi connectivity index (χ0) is 22.6. The number of hydrogen-bond donors (Lipinski definition) is 4. The van der Waals surface area contributed by atoms with Crippen LogP contribution in [0.1, 0.15) is 104 Å². The second-order valence-electron chi connectivity index (χ2n) is 8.01. The summed E-state index contributed by atoms with van der Waals surface area (Å²) < 4.78 is 32.5. The highest BCUT2D eigenvalue weighted by molar-refractivity contribution is 7.91. The summed E-state index contributed by atoms with van der Waals surface area (Å²) in [6, 6.07) is 0. The van der Waals surface area contributed by atoms with E-state index in [1.54, 1.807) is 6.92 Å². The molecule has 0 aromatic heterocycles. The molecule has 0 aliphatic heterocycles. The molecule has 0 spiro atoms. The second-order valence-corrected chi connectivity index (χ2v) is 11.3. The summed E-state index contributed by atoms with van der Waals surface area (Å²) in [5, 5.41) is 8.93. The Morgan fingerprint density at radius 2 is 1.03 bits per heavy atom. The summed E-state index contributed by atoms with van der Waals surface area (Å²) in [4.78, 5) is 21.6. The minimum atomic E-state index is -4.64. The Kier molecular flexibility index (Phi) is 21.5. The number of aliphatic hydroxyl groups excluding tert-OH is 1. The lowest BCUT2D eigenvalue weighted by Crippen LogP contribution is -2.19. The van der Waals surface area contributed by atoms with Gasteiger partial charge in [0.25, 0.3) is 0 Å². The SMILES string of the molecule is CCCCCCCCCCCCCCCCS(=O)(=O)CC(C)CO.O=P(O)(O)O. The summed E-state index contributed by atoms with van der Waals surface area (Å²) in [6.45, 7) is 4.00. The first-order chi connectivity index (χ1) is 13.5. The lowest BCUT2D eigenvalue weighted by Gasteiger charge is -2.08. The van der Waals surface area contributed by atoms with E-state index in [-0.39, 0.29) is 24.0 Å². The Morgan fingerprint density at radius 1 is 0.724 bits per heavy atom. The first-order valence-electron chi connectivity index (χ1n) is 11.1. The van der Waals surface area contributed by atoms with Crippen molar-refractivity contribution in [3.05, 3.63) is 0 Å². The highest BCUT2D eigenvalue weighted by atomic mass is 32.2. The third-order valence-electron chi connectivity index (χ3n) is 4.66. The third-order valence-corrected chi connectivity index (χ3v) is 6.65. The molecule has 29 heavy (non-hydrogen) atoms. The zero-order valence-electron chi connectivity index (χ0n) is 18.5. The van der Waals surface area contributed by atoms with Crippen LogP contribution in [0.5, 0.6) is 0 Å². The minimum Gasteiger partial charge on any atom is -0.396 e. The van der Waals surface area contributed by atoms with Gasteiger partial charge in [0.15, 0.2) is 9.84 Å². The van der Waals surface area contributed by atoms with Crippen molar-refractivity contribution in [1.82, 2.24) is 0 Å². The molecular formula is C20H45O7PS. The maximum atomic E-state index is 11.8. The van der Waals surface area contributed by atoms with E-state index >= 15 is 0 Å². The Labute approximate surface area is 178 Å². The van der Waals surface area contributed by atoms with Crippen molar-refractivity contribution in [1.29, 1.82) is 0 Å². The third kappa shape index (κ3) is 32.9. The summed E-state index contributed by atoms with van der Waals surface area (Å²) in [6.07, 6.45) is 17.9. The van der Waals surface area contributed by atoms with Gasteiger partial charge in [-0.15, -0.1) is 0 Å². The van der Waals surface area contributed by atoms with Crippen LogP contribution in [0.3, 0.4) is 0 Å². The van der Waals surface area contributed by atoms with Gasteiger partial charge in [0, 0.05) is 6.61 Å². The van der Waals surface area contributed by atoms with Crippen molar-refractivity contribution in [3.63, 3.8) is 0 Å². The van der Waals surface area contributed by atoms with E-state index in [0.717, 1.165) is 19.3 Å². The van der Waals surface area contributed by atoms with Crippen molar-refractivity contribution in [2.45, 2.75) is 104 Å². The smallest absolute Gasteiger partial charge is 0.396 e. The fourth-order valence-corrected chi connectivity index (χ4v) is 4.87. The van der Waals surface area contributed by atoms with Gasteiger partial charge in [0.1, 0.15) is 0 Å². The average molecular weight is 461 g/mol. The highest BCUT2D eigenvalue weighted by Crippen LogP contribution is 2.25. The van der Waals surface area contributed by atoms with Crippen molar-refractivity contribution >= 4 is 17.7 Å². The predicted molar refractivity (Wildman–Crippen MR) is 119 cm³/mol. The molecule has 0 saturated carbocycles. The molecule has 7 nitrogen and oxygen atoms in total. The molecular weight excluding hydrogens is 415 g/mol. The molecule has 0 aliphatic rings. The number of aliphatic hydroxyl groups is 1. The van der Waals surface area contributed by atoms with E-state index < -0.39 is 17.7 Å². The van der Waals surface area contributed by atoms with Crippen molar-refractivity contribution in [2.75, 3.05) is 18.1 Å². The van der Waals surface area contributed by atoms with Gasteiger partial charge in [0.2, 0.25) is 0 Å². The van der Waals surface area contributed by atoms with Gasteiger partial charge < -0.3 is 19.8 Å². The molecule has 0 aromatic carbocycles. The van der Waals surface area contributed by atoms with Gasteiger partial charge >= 0.3 is 7.82 Å². The summed E-state index contributed by atoms with van der Waals surface area (Å²) >= 11 is 0. The molecule has 0 heterocycles. The van der Waals surface area contributed by atoms with Crippen molar-refractivity contribution in [2.24, 2.45) is 5.92 Å². The topological polar surface area (TPSA) is 132 Å². The predicted octanol–water partition coefficient (Wildman–Crippen LogP) is 4.58. The normalized spacial score (nSPS) is 13.0. The van der Waals surface area contributed by atoms with Crippen LogP contribution < -0.4 is 0 Å². The maximum Gasteiger partial charge on any atom is 0.466 e. The van der Waals surface area contributed by atoms with Crippen molar-refractivity contribution in [3.8, 4) is 0 Å². The Morgan fingerprint density at radius 3 is 1.34 bits per heavy atom. The molecule has 0 saturated heterocycles. The van der Waals surface area contributed by atoms with Gasteiger partial charge in [-0.25, -0.2) is 13.0 Å². The largest absolute Gasteiger partial charge is 0.466 e. The van der Waals surface area contributed by atoms with Crippen LogP contribution >= 0.6 is 7.82 Å². The van der Waals surface area contributed by atoms with E-state index in [9.17, 15) is 8.42 Å². The summed E-state index contributed by atoms with van der Waals surface area (Å²) in [7, 11) is -7.61. The molecule has 0 bridgehead atoms. The summed E-state index contributed by atoms with van der Waals surface area (Å²) in [5.74, 6) is 0.277. The zero-order valence-corrected chi connectivity index (χ0v) is 20.2. The molecule has 1 unspecified atom stereocenters. The highest BCUT2D eigenvalue weighted by Gasteiger charge is 2.14. The first-order valence-corrected chi connectivity index (χ1v) is 14.5. The molecule has 1 atom stereocenters. The van der Waals surface area contributed by atoms with E-state index in [2.05, 4.69) is 6.92 Å². The van der Waals surface area contributed by atoms with Gasteiger partial charge in [-0.2, -0.15) is 0 Å². The lowest BCUT2D eigenvalue weighted by atomic mass is 10.0. The molecule has 0 radical (unpaired) electrons. The Balaban J connectivity index is 0. The van der Waals surface area contributed by atoms with Gasteiger partial charge in [-0.1, -0.05) is 97.3 Å². The monoisotopic (exact) mass is 460 g/mol. The number of hydrogen-bond acceptors (Lipinski definition) is 4. The number of phosphoric acid groups is 1. The van der Waals surface area contributed by atoms with E-state index in [0.29, 0.717) is 0 Å². The fraction of sp³-hybridized carbons (Fsp3) is 1.00. The molecule has 0 rings (SSSR count).